The zero-order valence-corrected chi connectivity index (χ0v) is 9.77. The molecule has 0 aliphatic carbocycles. The van der Waals surface area contributed by atoms with Crippen molar-refractivity contribution in [2.24, 2.45) is 10.7 Å². The van der Waals surface area contributed by atoms with Gasteiger partial charge in [-0.05, 0) is 6.42 Å². The van der Waals surface area contributed by atoms with E-state index in [1.165, 1.54) is 0 Å². The molecule has 1 fully saturated rings. The van der Waals surface area contributed by atoms with Gasteiger partial charge < -0.3 is 20.1 Å². The fraction of sp³-hybridized carbons (Fsp3) is 0.900. The lowest BCUT2D eigenvalue weighted by atomic mass is 10.3. The molecular formula is C10H21N3O2. The second-order valence-electron chi connectivity index (χ2n) is 3.69. The van der Waals surface area contributed by atoms with Crippen LogP contribution < -0.4 is 5.73 Å². The van der Waals surface area contributed by atoms with E-state index in [1.807, 2.05) is 4.90 Å². The van der Waals surface area contributed by atoms with Crippen LogP contribution in [0.25, 0.3) is 0 Å². The molecule has 1 saturated heterocycles. The largest absolute Gasteiger partial charge is 0.377 e. The molecule has 2 unspecified atom stereocenters. The van der Waals surface area contributed by atoms with Gasteiger partial charge >= 0.3 is 0 Å². The van der Waals surface area contributed by atoms with E-state index < -0.39 is 0 Å². The van der Waals surface area contributed by atoms with Crippen LogP contribution in [0.1, 0.15) is 13.3 Å². The predicted octanol–water partition coefficient (Wildman–Crippen LogP) is 0.0567. The number of rotatable bonds is 4. The number of hydrogen-bond donors (Lipinski definition) is 1. The molecule has 0 amide bonds. The highest BCUT2D eigenvalue weighted by Gasteiger charge is 2.33. The summed E-state index contributed by atoms with van der Waals surface area (Å²) in [5.74, 6) is 0.596. The molecule has 2 atom stereocenters. The number of likely N-dealkylation sites (tertiary alicyclic amines) is 1. The van der Waals surface area contributed by atoms with Crippen LogP contribution in [-0.4, -0.2) is 56.9 Å². The van der Waals surface area contributed by atoms with Crippen LogP contribution >= 0.6 is 0 Å². The minimum atomic E-state index is 0.0883. The quantitative estimate of drug-likeness (QED) is 0.532. The van der Waals surface area contributed by atoms with E-state index in [1.54, 1.807) is 14.2 Å². The Bertz CT molecular complexity index is 209. The molecule has 5 nitrogen and oxygen atoms in total. The average Bonchev–Trinajstić information content (AvgIpc) is 2.68. The monoisotopic (exact) mass is 215 g/mol. The molecular weight excluding hydrogens is 194 g/mol. The second-order valence-corrected chi connectivity index (χ2v) is 3.69. The summed E-state index contributed by atoms with van der Waals surface area (Å²) in [5.41, 5.74) is 5.86. The Hall–Kier alpha value is -0.810. The summed E-state index contributed by atoms with van der Waals surface area (Å²) in [6.07, 6.45) is 1.19. The van der Waals surface area contributed by atoms with Crippen LogP contribution in [0.4, 0.5) is 0 Å². The number of methoxy groups -OCH3 is 2. The van der Waals surface area contributed by atoms with E-state index in [2.05, 4.69) is 11.9 Å². The van der Waals surface area contributed by atoms with Crippen LogP contribution in [0.2, 0.25) is 0 Å². The third-order valence-corrected chi connectivity index (χ3v) is 2.64. The van der Waals surface area contributed by atoms with Crippen molar-refractivity contribution in [1.82, 2.24) is 4.90 Å². The summed E-state index contributed by atoms with van der Waals surface area (Å²) in [7, 11) is 3.39. The van der Waals surface area contributed by atoms with E-state index >= 15 is 0 Å². The van der Waals surface area contributed by atoms with Gasteiger partial charge in [0.1, 0.15) is 12.2 Å². The first-order chi connectivity index (χ1) is 7.22. The van der Waals surface area contributed by atoms with Gasteiger partial charge in [0.25, 0.3) is 0 Å². The van der Waals surface area contributed by atoms with Gasteiger partial charge in [0.05, 0.1) is 0 Å². The van der Waals surface area contributed by atoms with Crippen molar-refractivity contribution in [1.29, 1.82) is 0 Å². The smallest absolute Gasteiger partial charge is 0.191 e. The third kappa shape index (κ3) is 3.07. The number of nitrogens with zero attached hydrogens (tertiary/aromatic N) is 2. The Morgan fingerprint density at radius 2 is 1.87 bits per heavy atom. The lowest BCUT2D eigenvalue weighted by Gasteiger charge is -2.16. The van der Waals surface area contributed by atoms with Crippen LogP contribution in [0.5, 0.6) is 0 Å². The van der Waals surface area contributed by atoms with Crippen molar-refractivity contribution in [3.05, 3.63) is 0 Å². The molecule has 0 aromatic carbocycles. The van der Waals surface area contributed by atoms with Crippen molar-refractivity contribution >= 4 is 5.96 Å². The first-order valence-corrected chi connectivity index (χ1v) is 5.33. The maximum absolute atomic E-state index is 5.86. The Labute approximate surface area is 91.2 Å². The fourth-order valence-electron chi connectivity index (χ4n) is 1.71. The van der Waals surface area contributed by atoms with Gasteiger partial charge in [-0.25, -0.2) is 0 Å². The molecule has 1 heterocycles. The number of nitrogens with two attached hydrogens (primary N) is 1. The second kappa shape index (κ2) is 5.92. The number of ether oxygens (including phenoxy) is 2. The van der Waals surface area contributed by atoms with Crippen molar-refractivity contribution in [3.8, 4) is 0 Å². The summed E-state index contributed by atoms with van der Waals surface area (Å²) in [6, 6.07) is 0. The normalized spacial score (nSPS) is 27.4. The molecule has 1 aliphatic rings. The van der Waals surface area contributed by atoms with Gasteiger partial charge in [-0.2, -0.15) is 0 Å². The Morgan fingerprint density at radius 3 is 2.27 bits per heavy atom. The number of hydrogen-bond acceptors (Lipinski definition) is 3. The Balaban J connectivity index is 2.52. The zero-order valence-electron chi connectivity index (χ0n) is 9.77. The van der Waals surface area contributed by atoms with Crippen LogP contribution in [-0.2, 0) is 9.47 Å². The van der Waals surface area contributed by atoms with E-state index in [-0.39, 0.29) is 12.2 Å². The van der Waals surface area contributed by atoms with E-state index in [0.717, 1.165) is 26.1 Å². The molecule has 5 heteroatoms. The van der Waals surface area contributed by atoms with E-state index in [0.29, 0.717) is 5.96 Å². The van der Waals surface area contributed by atoms with E-state index in [9.17, 15) is 0 Å². The summed E-state index contributed by atoms with van der Waals surface area (Å²) < 4.78 is 10.6. The lowest BCUT2D eigenvalue weighted by Crippen LogP contribution is -2.36. The minimum absolute atomic E-state index is 0.0883. The van der Waals surface area contributed by atoms with Crippen molar-refractivity contribution in [2.45, 2.75) is 25.6 Å². The summed E-state index contributed by atoms with van der Waals surface area (Å²) in [5, 5.41) is 0. The predicted molar refractivity (Wildman–Crippen MR) is 59.9 cm³/mol. The highest BCUT2D eigenvalue weighted by molar-refractivity contribution is 5.78. The van der Waals surface area contributed by atoms with Gasteiger partial charge in [-0.3, -0.25) is 4.99 Å². The van der Waals surface area contributed by atoms with Crippen LogP contribution in [0, 0.1) is 0 Å². The fourth-order valence-corrected chi connectivity index (χ4v) is 1.71. The van der Waals surface area contributed by atoms with Crippen LogP contribution in [0.3, 0.4) is 0 Å². The summed E-state index contributed by atoms with van der Waals surface area (Å²) in [6.45, 7) is 4.37. The van der Waals surface area contributed by atoms with Crippen LogP contribution in [0.15, 0.2) is 4.99 Å². The SMILES string of the molecule is CCCN=C(N)N1CC(OC)C(OC)C1. The van der Waals surface area contributed by atoms with Crippen molar-refractivity contribution in [2.75, 3.05) is 33.9 Å². The number of guanidine groups is 1. The Morgan fingerprint density at radius 1 is 1.33 bits per heavy atom. The molecule has 15 heavy (non-hydrogen) atoms. The summed E-state index contributed by atoms with van der Waals surface area (Å²) >= 11 is 0. The topological polar surface area (TPSA) is 60.1 Å². The summed E-state index contributed by atoms with van der Waals surface area (Å²) in [4.78, 5) is 6.28. The molecule has 0 radical (unpaired) electrons. The molecule has 1 aliphatic heterocycles. The minimum Gasteiger partial charge on any atom is -0.377 e. The van der Waals surface area contributed by atoms with Gasteiger partial charge in [0.2, 0.25) is 0 Å². The number of aliphatic imine (C=N–C) groups is 1. The van der Waals surface area contributed by atoms with Crippen molar-refractivity contribution in [3.63, 3.8) is 0 Å². The average molecular weight is 215 g/mol. The Kier molecular flexibility index (Phi) is 4.84. The molecule has 0 aromatic rings. The third-order valence-electron chi connectivity index (χ3n) is 2.64. The van der Waals surface area contributed by atoms with Gasteiger partial charge in [0, 0.05) is 33.9 Å². The molecule has 0 saturated carbocycles. The van der Waals surface area contributed by atoms with Gasteiger partial charge in [0.15, 0.2) is 5.96 Å². The standard InChI is InChI=1S/C10H21N3O2/c1-4-5-12-10(11)13-6-8(14-2)9(7-13)15-3/h8-9H,4-7H2,1-3H3,(H2,11,12). The first kappa shape index (κ1) is 12.3. The highest BCUT2D eigenvalue weighted by Crippen LogP contribution is 2.15. The molecule has 2 N–H and O–H groups in total. The zero-order chi connectivity index (χ0) is 11.3. The van der Waals surface area contributed by atoms with E-state index in [4.69, 9.17) is 15.2 Å². The first-order valence-electron chi connectivity index (χ1n) is 5.33. The molecule has 0 bridgehead atoms. The molecule has 1 rings (SSSR count). The molecule has 88 valence electrons. The lowest BCUT2D eigenvalue weighted by molar-refractivity contribution is -0.00461. The highest BCUT2D eigenvalue weighted by atomic mass is 16.5. The maximum atomic E-state index is 5.86. The molecule has 0 aromatic heterocycles. The van der Waals surface area contributed by atoms with Gasteiger partial charge in [-0.1, -0.05) is 6.92 Å². The maximum Gasteiger partial charge on any atom is 0.191 e. The van der Waals surface area contributed by atoms with Crippen molar-refractivity contribution < 1.29 is 9.47 Å². The molecule has 0 spiro atoms. The van der Waals surface area contributed by atoms with Gasteiger partial charge in [-0.15, -0.1) is 0 Å².